The first-order chi connectivity index (χ1) is 14.1. The molecule has 0 amide bonds. The fraction of sp³-hybridized carbons (Fsp3) is 0.182. The average Bonchev–Trinajstić information content (AvgIpc) is 3.11. The summed E-state index contributed by atoms with van der Waals surface area (Å²) in [5, 5.41) is 5.23. The first-order valence-electron chi connectivity index (χ1n) is 9.21. The summed E-state index contributed by atoms with van der Waals surface area (Å²) in [5.41, 5.74) is 2.78. The van der Waals surface area contributed by atoms with Gasteiger partial charge in [-0.25, -0.2) is 12.8 Å². The zero-order chi connectivity index (χ0) is 21.6. The quantitative estimate of drug-likeness (QED) is 0.503. The van der Waals surface area contributed by atoms with Crippen LogP contribution in [0.25, 0.3) is 33.0 Å². The third kappa shape index (κ3) is 3.78. The van der Waals surface area contributed by atoms with Crippen molar-refractivity contribution in [2.24, 2.45) is 14.1 Å². The van der Waals surface area contributed by atoms with E-state index in [-0.39, 0.29) is 16.9 Å². The van der Waals surface area contributed by atoms with E-state index in [9.17, 15) is 17.6 Å². The molecule has 0 spiro atoms. The van der Waals surface area contributed by atoms with Gasteiger partial charge in [0.2, 0.25) is 0 Å². The number of aromatic nitrogens is 3. The van der Waals surface area contributed by atoms with E-state index in [1.807, 2.05) is 25.4 Å². The highest BCUT2D eigenvalue weighted by Crippen LogP contribution is 2.32. The number of fused-ring (bicyclic) bond motifs is 1. The first-order valence-corrected chi connectivity index (χ1v) is 11.3. The number of nitrogens with zero attached hydrogens (tertiary/aromatic N) is 3. The van der Waals surface area contributed by atoms with Crippen molar-refractivity contribution in [3.63, 3.8) is 0 Å². The van der Waals surface area contributed by atoms with Gasteiger partial charge in [-0.3, -0.25) is 9.48 Å². The van der Waals surface area contributed by atoms with Crippen LogP contribution in [0.3, 0.4) is 0 Å². The number of aryl methyl sites for hydroxylation is 2. The summed E-state index contributed by atoms with van der Waals surface area (Å²) >= 11 is 0. The topological polar surface area (TPSA) is 74.0 Å². The van der Waals surface area contributed by atoms with Crippen LogP contribution >= 0.6 is 0 Å². The number of halogens is 1. The van der Waals surface area contributed by atoms with E-state index in [2.05, 4.69) is 5.10 Å². The predicted octanol–water partition coefficient (Wildman–Crippen LogP) is 3.29. The number of sulfone groups is 1. The highest BCUT2D eigenvalue weighted by atomic mass is 32.2. The van der Waals surface area contributed by atoms with Crippen LogP contribution in [0.2, 0.25) is 0 Å². The van der Waals surface area contributed by atoms with Crippen LogP contribution in [0.1, 0.15) is 5.56 Å². The maximum atomic E-state index is 14.8. The summed E-state index contributed by atoms with van der Waals surface area (Å²) in [6.07, 6.45) is 6.29. The van der Waals surface area contributed by atoms with Gasteiger partial charge in [0.25, 0.3) is 5.56 Å². The summed E-state index contributed by atoms with van der Waals surface area (Å²) in [7, 11) is 0.150. The normalized spacial score (nSPS) is 11.9. The van der Waals surface area contributed by atoms with Crippen LogP contribution in [-0.4, -0.2) is 29.0 Å². The molecule has 4 rings (SSSR count). The van der Waals surface area contributed by atoms with Gasteiger partial charge >= 0.3 is 0 Å². The molecule has 0 fully saturated rings. The molecule has 0 saturated heterocycles. The molecule has 4 aromatic rings. The third-order valence-corrected chi connectivity index (χ3v) is 5.83. The fourth-order valence-corrected chi connectivity index (χ4v) is 4.39. The van der Waals surface area contributed by atoms with E-state index in [1.165, 1.54) is 22.8 Å². The van der Waals surface area contributed by atoms with Gasteiger partial charge in [-0.15, -0.1) is 0 Å². The first kappa shape index (κ1) is 20.0. The highest BCUT2D eigenvalue weighted by molar-refractivity contribution is 7.89. The second kappa shape index (κ2) is 7.21. The Morgan fingerprint density at radius 1 is 0.967 bits per heavy atom. The van der Waals surface area contributed by atoms with Crippen LogP contribution < -0.4 is 5.56 Å². The lowest BCUT2D eigenvalue weighted by Crippen LogP contribution is -2.16. The number of benzene rings is 2. The molecule has 2 heterocycles. The van der Waals surface area contributed by atoms with Crippen molar-refractivity contribution in [1.82, 2.24) is 14.3 Å². The molecule has 0 radical (unpaired) electrons. The van der Waals surface area contributed by atoms with Crippen LogP contribution in [0.5, 0.6) is 0 Å². The number of rotatable bonds is 4. The molecule has 30 heavy (non-hydrogen) atoms. The maximum Gasteiger partial charge on any atom is 0.258 e. The number of hydrogen-bond acceptors (Lipinski definition) is 4. The molecule has 2 aromatic carbocycles. The molecular formula is C22H20FN3O3S. The molecule has 154 valence electrons. The largest absolute Gasteiger partial charge is 0.317 e. The van der Waals surface area contributed by atoms with E-state index in [4.69, 9.17) is 0 Å². The van der Waals surface area contributed by atoms with Gasteiger partial charge in [0.15, 0.2) is 9.84 Å². The van der Waals surface area contributed by atoms with E-state index in [0.717, 1.165) is 17.4 Å². The lowest BCUT2D eigenvalue weighted by Gasteiger charge is -2.13. The van der Waals surface area contributed by atoms with Crippen LogP contribution in [0.4, 0.5) is 4.39 Å². The lowest BCUT2D eigenvalue weighted by atomic mass is 9.96. The molecule has 8 heteroatoms. The van der Waals surface area contributed by atoms with Crippen molar-refractivity contribution < 1.29 is 12.8 Å². The van der Waals surface area contributed by atoms with Crippen molar-refractivity contribution in [3.05, 3.63) is 76.7 Å². The average molecular weight is 425 g/mol. The minimum Gasteiger partial charge on any atom is -0.317 e. The molecule has 0 atom stereocenters. The molecule has 0 N–H and O–H groups in total. The van der Waals surface area contributed by atoms with Gasteiger partial charge in [-0.05, 0) is 40.8 Å². The monoisotopic (exact) mass is 425 g/mol. The number of hydrogen-bond donors (Lipinski definition) is 0. The Hall–Kier alpha value is -3.26. The molecule has 0 aliphatic heterocycles. The van der Waals surface area contributed by atoms with E-state index < -0.39 is 15.7 Å². The van der Waals surface area contributed by atoms with E-state index >= 15 is 0 Å². The summed E-state index contributed by atoms with van der Waals surface area (Å²) in [6.45, 7) is 0. The summed E-state index contributed by atoms with van der Waals surface area (Å²) in [6, 6.07) is 9.66. The fourth-order valence-electron chi connectivity index (χ4n) is 3.60. The van der Waals surface area contributed by atoms with Gasteiger partial charge < -0.3 is 4.57 Å². The Morgan fingerprint density at radius 3 is 2.40 bits per heavy atom. The number of pyridine rings is 1. The van der Waals surface area contributed by atoms with E-state index in [1.54, 1.807) is 30.2 Å². The van der Waals surface area contributed by atoms with Crippen molar-refractivity contribution in [1.29, 1.82) is 0 Å². The SMILES string of the molecule is Cn1cc(-c2ccc3c(=O)n(C)cc(-c4cc(CS(C)(=O)=O)ccc4F)c3c2)cn1. The standard InChI is InChI=1S/C22H20FN3O3S/c1-25-12-20(19-8-14(4-7-21(19)23)13-30(3,28)29)18-9-15(5-6-17(18)22(25)27)16-10-24-26(2)11-16/h4-12H,13H2,1-3H3. The molecule has 2 aromatic heterocycles. The lowest BCUT2D eigenvalue weighted by molar-refractivity contribution is 0.600. The summed E-state index contributed by atoms with van der Waals surface area (Å²) < 4.78 is 41.3. The van der Waals surface area contributed by atoms with Gasteiger partial charge in [0.05, 0.1) is 11.9 Å². The van der Waals surface area contributed by atoms with Crippen molar-refractivity contribution in [3.8, 4) is 22.3 Å². The molecular weight excluding hydrogens is 405 g/mol. The van der Waals surface area contributed by atoms with E-state index in [0.29, 0.717) is 21.9 Å². The second-order valence-corrected chi connectivity index (χ2v) is 9.65. The summed E-state index contributed by atoms with van der Waals surface area (Å²) in [5.74, 6) is -0.677. The molecule has 0 aliphatic carbocycles. The Labute approximate surface area is 173 Å². The molecule has 0 aliphatic rings. The maximum absolute atomic E-state index is 14.8. The smallest absolute Gasteiger partial charge is 0.258 e. The van der Waals surface area contributed by atoms with Gasteiger partial charge in [-0.1, -0.05) is 12.1 Å². The van der Waals surface area contributed by atoms with Crippen molar-refractivity contribution >= 4 is 20.6 Å². The molecule has 6 nitrogen and oxygen atoms in total. The third-order valence-electron chi connectivity index (χ3n) is 4.97. The Bertz CT molecular complexity index is 1450. The predicted molar refractivity (Wildman–Crippen MR) is 115 cm³/mol. The van der Waals surface area contributed by atoms with Gasteiger partial charge in [-0.2, -0.15) is 5.10 Å². The second-order valence-electron chi connectivity index (χ2n) is 7.51. The minimum absolute atomic E-state index is 0.190. The van der Waals surface area contributed by atoms with Gasteiger partial charge in [0, 0.05) is 54.8 Å². The Morgan fingerprint density at radius 2 is 1.73 bits per heavy atom. The van der Waals surface area contributed by atoms with Crippen molar-refractivity contribution in [2.75, 3.05) is 6.26 Å². The molecule has 0 saturated carbocycles. The zero-order valence-electron chi connectivity index (χ0n) is 16.8. The summed E-state index contributed by atoms with van der Waals surface area (Å²) in [4.78, 5) is 12.7. The Kier molecular flexibility index (Phi) is 4.82. The zero-order valence-corrected chi connectivity index (χ0v) is 17.6. The Balaban J connectivity index is 1.99. The van der Waals surface area contributed by atoms with Crippen LogP contribution in [0.15, 0.2) is 59.8 Å². The molecule has 0 unspecified atom stereocenters. The minimum atomic E-state index is -3.27. The van der Waals surface area contributed by atoms with Crippen LogP contribution in [-0.2, 0) is 29.7 Å². The van der Waals surface area contributed by atoms with Crippen molar-refractivity contribution in [2.45, 2.75) is 5.75 Å². The molecule has 0 bridgehead atoms. The van der Waals surface area contributed by atoms with Gasteiger partial charge in [0.1, 0.15) is 5.82 Å². The van der Waals surface area contributed by atoms with Crippen LogP contribution in [0, 0.1) is 5.82 Å². The highest BCUT2D eigenvalue weighted by Gasteiger charge is 2.16.